The molecule has 0 spiro atoms. The first-order valence-electron chi connectivity index (χ1n) is 8.05. The van der Waals surface area contributed by atoms with Crippen LogP contribution in [0.3, 0.4) is 0 Å². The van der Waals surface area contributed by atoms with Crippen LogP contribution in [-0.2, 0) is 9.47 Å². The monoisotopic (exact) mass is 302 g/mol. The van der Waals surface area contributed by atoms with E-state index in [1.54, 1.807) is 0 Å². The molecule has 0 aromatic rings. The van der Waals surface area contributed by atoms with Crippen LogP contribution < -0.4 is 0 Å². The summed E-state index contributed by atoms with van der Waals surface area (Å²) in [5, 5.41) is 28.5. The fourth-order valence-electron chi connectivity index (χ4n) is 2.36. The van der Waals surface area contributed by atoms with E-state index in [1.807, 2.05) is 0 Å². The summed E-state index contributed by atoms with van der Waals surface area (Å²) < 4.78 is 10.8. The lowest BCUT2D eigenvalue weighted by atomic mass is 10.1. The molecule has 1 aliphatic rings. The summed E-state index contributed by atoms with van der Waals surface area (Å²) in [7, 11) is 0. The molecule has 1 rings (SSSR count). The summed E-state index contributed by atoms with van der Waals surface area (Å²) >= 11 is 0. The summed E-state index contributed by atoms with van der Waals surface area (Å²) in [4.78, 5) is 0. The van der Waals surface area contributed by atoms with Crippen LogP contribution in [0.25, 0.3) is 0 Å². The lowest BCUT2D eigenvalue weighted by Gasteiger charge is -2.24. The molecule has 0 aromatic carbocycles. The lowest BCUT2D eigenvalue weighted by molar-refractivity contribution is -0.101. The lowest BCUT2D eigenvalue weighted by Crippen LogP contribution is -2.42. The molecule has 5 heteroatoms. The van der Waals surface area contributed by atoms with Crippen molar-refractivity contribution in [3.63, 3.8) is 0 Å². The van der Waals surface area contributed by atoms with Gasteiger partial charge in [0.1, 0.15) is 24.4 Å². The number of rotatable bonds is 11. The molecule has 0 aliphatic carbocycles. The van der Waals surface area contributed by atoms with Gasteiger partial charge in [0.15, 0.2) is 0 Å². The highest BCUT2D eigenvalue weighted by Gasteiger charge is 2.40. The van der Waals surface area contributed by atoms with Crippen molar-refractivity contribution >= 4 is 0 Å². The fraction of sp³-hybridized carbons (Fsp3) is 0.875. The molecule has 0 radical (unpaired) electrons. The van der Waals surface area contributed by atoms with E-state index in [1.165, 1.54) is 12.8 Å². The number of aliphatic hydroxyl groups excluding tert-OH is 3. The zero-order valence-electron chi connectivity index (χ0n) is 13.0. The van der Waals surface area contributed by atoms with Crippen LogP contribution in [0, 0.1) is 0 Å². The van der Waals surface area contributed by atoms with Crippen molar-refractivity contribution in [2.75, 3.05) is 19.8 Å². The van der Waals surface area contributed by atoms with Crippen LogP contribution in [0.4, 0.5) is 0 Å². The van der Waals surface area contributed by atoms with Crippen LogP contribution >= 0.6 is 0 Å². The number of aliphatic hydroxyl groups is 3. The van der Waals surface area contributed by atoms with E-state index in [2.05, 4.69) is 19.1 Å². The molecule has 3 N–H and O–H groups in total. The van der Waals surface area contributed by atoms with Crippen molar-refractivity contribution in [1.82, 2.24) is 0 Å². The second kappa shape index (κ2) is 11.2. The normalized spacial score (nSPS) is 27.5. The van der Waals surface area contributed by atoms with E-state index in [-0.39, 0.29) is 13.2 Å². The predicted molar refractivity (Wildman–Crippen MR) is 81.1 cm³/mol. The third kappa shape index (κ3) is 6.89. The highest BCUT2D eigenvalue weighted by atomic mass is 16.6. The van der Waals surface area contributed by atoms with Gasteiger partial charge in [-0.15, -0.1) is 0 Å². The molecular formula is C16H30O5. The fourth-order valence-corrected chi connectivity index (χ4v) is 2.36. The molecule has 1 heterocycles. The maximum Gasteiger partial charge on any atom is 0.114 e. The van der Waals surface area contributed by atoms with Crippen LogP contribution in [0.2, 0.25) is 0 Å². The van der Waals surface area contributed by atoms with Crippen molar-refractivity contribution in [3.8, 4) is 0 Å². The molecule has 0 aromatic heterocycles. The van der Waals surface area contributed by atoms with Gasteiger partial charge in [0, 0.05) is 6.61 Å². The van der Waals surface area contributed by atoms with E-state index < -0.39 is 24.4 Å². The molecule has 1 aliphatic heterocycles. The van der Waals surface area contributed by atoms with Gasteiger partial charge in [-0.1, -0.05) is 31.9 Å². The smallest absolute Gasteiger partial charge is 0.114 e. The molecular weight excluding hydrogens is 272 g/mol. The minimum atomic E-state index is -0.983. The first kappa shape index (κ1) is 18.6. The second-order valence-electron chi connectivity index (χ2n) is 5.56. The zero-order valence-corrected chi connectivity index (χ0v) is 13.0. The predicted octanol–water partition coefficient (Wildman–Crippen LogP) is 1.40. The molecule has 4 atom stereocenters. The molecule has 124 valence electrons. The first-order valence-corrected chi connectivity index (χ1v) is 8.05. The van der Waals surface area contributed by atoms with Crippen molar-refractivity contribution in [2.45, 2.75) is 69.9 Å². The highest BCUT2D eigenvalue weighted by molar-refractivity contribution is 4.88. The Morgan fingerprint density at radius 2 is 1.90 bits per heavy atom. The third-order valence-electron chi connectivity index (χ3n) is 3.72. The topological polar surface area (TPSA) is 79.2 Å². The van der Waals surface area contributed by atoms with Crippen LogP contribution in [0.1, 0.15) is 45.4 Å². The Kier molecular flexibility index (Phi) is 9.87. The van der Waals surface area contributed by atoms with Crippen LogP contribution in [-0.4, -0.2) is 59.6 Å². The van der Waals surface area contributed by atoms with Gasteiger partial charge < -0.3 is 24.8 Å². The Morgan fingerprint density at radius 3 is 2.48 bits per heavy atom. The van der Waals surface area contributed by atoms with Gasteiger partial charge in [-0.05, 0) is 25.7 Å². The van der Waals surface area contributed by atoms with Crippen molar-refractivity contribution < 1.29 is 24.8 Å². The average Bonchev–Trinajstić information content (AvgIpc) is 2.82. The van der Waals surface area contributed by atoms with E-state index in [0.717, 1.165) is 25.7 Å². The third-order valence-corrected chi connectivity index (χ3v) is 3.72. The minimum Gasteiger partial charge on any atom is -0.394 e. The quantitative estimate of drug-likeness (QED) is 0.397. The van der Waals surface area contributed by atoms with E-state index in [0.29, 0.717) is 6.61 Å². The van der Waals surface area contributed by atoms with Gasteiger partial charge in [-0.3, -0.25) is 0 Å². The van der Waals surface area contributed by atoms with Gasteiger partial charge in [0.2, 0.25) is 0 Å². The summed E-state index contributed by atoms with van der Waals surface area (Å²) in [6, 6.07) is 0. The number of ether oxygens (including phenoxy) is 2. The zero-order chi connectivity index (χ0) is 15.5. The molecule has 1 saturated heterocycles. The molecule has 0 saturated carbocycles. The first-order chi connectivity index (χ1) is 10.2. The number of allylic oxidation sites excluding steroid dienone is 2. The second-order valence-corrected chi connectivity index (χ2v) is 5.56. The van der Waals surface area contributed by atoms with Gasteiger partial charge in [0.05, 0.1) is 13.2 Å². The Hall–Kier alpha value is -0.460. The standard InChI is InChI=1S/C16H30O5/c1-2-3-4-5-6-7-8-9-10-20-14(11-17)16-15(19)13(18)12-21-16/h5-6,13-19H,2-4,7-12H2,1H3/b6-5+/t13-,14+,15-,16-/m1/s1. The number of unbranched alkanes of at least 4 members (excludes halogenated alkanes) is 4. The Labute approximate surface area is 127 Å². The highest BCUT2D eigenvalue weighted by Crippen LogP contribution is 2.19. The van der Waals surface area contributed by atoms with E-state index in [9.17, 15) is 15.3 Å². The van der Waals surface area contributed by atoms with E-state index >= 15 is 0 Å². The summed E-state index contributed by atoms with van der Waals surface area (Å²) in [5.74, 6) is 0. The molecule has 0 amide bonds. The van der Waals surface area contributed by atoms with Crippen molar-refractivity contribution in [2.24, 2.45) is 0 Å². The van der Waals surface area contributed by atoms with Gasteiger partial charge in [-0.2, -0.15) is 0 Å². The maximum absolute atomic E-state index is 9.73. The van der Waals surface area contributed by atoms with E-state index in [4.69, 9.17) is 9.47 Å². The maximum atomic E-state index is 9.73. The SMILES string of the molecule is CCCC/C=C/CCCCO[C@@H](CO)[C@H]1OC[C@@H](O)[C@H]1O. The Morgan fingerprint density at radius 1 is 1.19 bits per heavy atom. The average molecular weight is 302 g/mol. The number of hydrogen-bond acceptors (Lipinski definition) is 5. The number of hydrogen-bond donors (Lipinski definition) is 3. The minimum absolute atomic E-state index is 0.0915. The van der Waals surface area contributed by atoms with Crippen molar-refractivity contribution in [3.05, 3.63) is 12.2 Å². The summed E-state index contributed by atoms with van der Waals surface area (Å²) in [6.45, 7) is 2.59. The van der Waals surface area contributed by atoms with Crippen molar-refractivity contribution in [1.29, 1.82) is 0 Å². The molecule has 1 fully saturated rings. The Balaban J connectivity index is 2.09. The Bertz CT molecular complexity index is 282. The van der Waals surface area contributed by atoms with Gasteiger partial charge in [-0.25, -0.2) is 0 Å². The summed E-state index contributed by atoms with van der Waals surface area (Å²) in [6.07, 6.45) is 7.96. The van der Waals surface area contributed by atoms with Crippen LogP contribution in [0.5, 0.6) is 0 Å². The molecule has 0 bridgehead atoms. The summed E-state index contributed by atoms with van der Waals surface area (Å²) in [5.41, 5.74) is 0. The molecule has 5 nitrogen and oxygen atoms in total. The largest absolute Gasteiger partial charge is 0.394 e. The molecule has 21 heavy (non-hydrogen) atoms. The van der Waals surface area contributed by atoms with Gasteiger partial charge in [0.25, 0.3) is 0 Å². The molecule has 0 unspecified atom stereocenters. The van der Waals surface area contributed by atoms with Crippen LogP contribution in [0.15, 0.2) is 12.2 Å². The van der Waals surface area contributed by atoms with Gasteiger partial charge >= 0.3 is 0 Å².